The fourth-order valence-electron chi connectivity index (χ4n) is 2.43. The van der Waals surface area contributed by atoms with Gasteiger partial charge >= 0.3 is 0 Å². The van der Waals surface area contributed by atoms with Gasteiger partial charge < -0.3 is 0 Å². The van der Waals surface area contributed by atoms with Crippen molar-refractivity contribution in [3.63, 3.8) is 0 Å². The highest BCUT2D eigenvalue weighted by atomic mass is 35.5. The van der Waals surface area contributed by atoms with Crippen LogP contribution in [0.5, 0.6) is 0 Å². The van der Waals surface area contributed by atoms with Crippen molar-refractivity contribution >= 4 is 35.7 Å². The van der Waals surface area contributed by atoms with E-state index in [2.05, 4.69) is 21.8 Å². The minimum atomic E-state index is -0.336. The van der Waals surface area contributed by atoms with Crippen LogP contribution in [0.4, 0.5) is 10.1 Å². The Morgan fingerprint density at radius 1 is 1.39 bits per heavy atom. The zero-order chi connectivity index (χ0) is 16.4. The molecular weight excluding hydrogens is 315 g/mol. The van der Waals surface area contributed by atoms with Crippen LogP contribution in [0, 0.1) is 5.82 Å². The molecule has 0 saturated heterocycles. The Morgan fingerprint density at radius 3 is 2.96 bits per heavy atom. The second-order valence-corrected chi connectivity index (χ2v) is 5.40. The van der Waals surface area contributed by atoms with E-state index in [9.17, 15) is 4.39 Å². The molecule has 0 bridgehead atoms. The first-order valence-electron chi connectivity index (χ1n) is 7.03. The molecule has 23 heavy (non-hydrogen) atoms. The standard InChI is InChI=1S/C17H14ClFN4/c1-3-4-11-7-12(14(19)9-15(11)20-2)8-13-10-21-17-6-5-16(18)22-23(13)17/h3-7,9-10H,2,8H2,1H3/b4-3-. The van der Waals surface area contributed by atoms with Crippen LogP contribution in [0.1, 0.15) is 23.7 Å². The fraction of sp³-hybridized carbons (Fsp3) is 0.118. The summed E-state index contributed by atoms with van der Waals surface area (Å²) in [6.45, 7) is 5.38. The minimum Gasteiger partial charge on any atom is -0.264 e. The van der Waals surface area contributed by atoms with Gasteiger partial charge in [0.05, 0.1) is 17.6 Å². The molecule has 0 atom stereocenters. The van der Waals surface area contributed by atoms with Crippen LogP contribution in [0.2, 0.25) is 5.15 Å². The van der Waals surface area contributed by atoms with Gasteiger partial charge in [0.15, 0.2) is 5.65 Å². The van der Waals surface area contributed by atoms with Crippen molar-refractivity contribution in [1.29, 1.82) is 0 Å². The van der Waals surface area contributed by atoms with Gasteiger partial charge in [0, 0.05) is 18.1 Å². The fourth-order valence-corrected chi connectivity index (χ4v) is 2.56. The molecule has 0 aliphatic carbocycles. The van der Waals surface area contributed by atoms with E-state index in [0.717, 1.165) is 11.3 Å². The van der Waals surface area contributed by atoms with E-state index in [0.29, 0.717) is 28.5 Å². The number of nitrogens with zero attached hydrogens (tertiary/aromatic N) is 4. The summed E-state index contributed by atoms with van der Waals surface area (Å²) in [5, 5.41) is 4.57. The van der Waals surface area contributed by atoms with Crippen molar-refractivity contribution in [3.05, 3.63) is 64.3 Å². The molecule has 0 saturated carbocycles. The van der Waals surface area contributed by atoms with E-state index in [1.807, 2.05) is 19.1 Å². The van der Waals surface area contributed by atoms with Crippen LogP contribution < -0.4 is 0 Å². The Balaban J connectivity index is 2.06. The molecule has 0 fully saturated rings. The number of imidazole rings is 1. The number of rotatable bonds is 4. The largest absolute Gasteiger partial charge is 0.264 e. The number of hydrogen-bond acceptors (Lipinski definition) is 3. The van der Waals surface area contributed by atoms with Crippen LogP contribution >= 0.6 is 11.6 Å². The van der Waals surface area contributed by atoms with Gasteiger partial charge in [-0.25, -0.2) is 13.9 Å². The smallest absolute Gasteiger partial charge is 0.153 e. The van der Waals surface area contributed by atoms with Crippen molar-refractivity contribution in [2.75, 3.05) is 0 Å². The normalized spacial score (nSPS) is 11.4. The maximum atomic E-state index is 14.3. The third kappa shape index (κ3) is 3.00. The number of halogens is 2. The molecule has 116 valence electrons. The summed E-state index contributed by atoms with van der Waals surface area (Å²) in [7, 11) is 0. The van der Waals surface area contributed by atoms with Gasteiger partial charge in [-0.05, 0) is 37.4 Å². The van der Waals surface area contributed by atoms with Crippen molar-refractivity contribution in [2.45, 2.75) is 13.3 Å². The molecule has 0 amide bonds. The van der Waals surface area contributed by atoms with E-state index < -0.39 is 0 Å². The second-order valence-electron chi connectivity index (χ2n) is 5.01. The average Bonchev–Trinajstić information content (AvgIpc) is 2.92. The Labute approximate surface area is 138 Å². The lowest BCUT2D eigenvalue weighted by atomic mass is 10.0. The molecule has 2 aromatic heterocycles. The van der Waals surface area contributed by atoms with Gasteiger partial charge in [0.25, 0.3) is 0 Å². The number of aromatic nitrogens is 3. The predicted molar refractivity (Wildman–Crippen MR) is 91.1 cm³/mol. The lowest BCUT2D eigenvalue weighted by Gasteiger charge is -2.07. The van der Waals surface area contributed by atoms with Gasteiger partial charge in [-0.15, -0.1) is 0 Å². The molecule has 6 heteroatoms. The molecule has 0 N–H and O–H groups in total. The van der Waals surface area contributed by atoms with E-state index in [-0.39, 0.29) is 5.82 Å². The van der Waals surface area contributed by atoms with Crippen LogP contribution in [-0.2, 0) is 6.42 Å². The first-order chi connectivity index (χ1) is 11.1. The number of benzene rings is 1. The number of fused-ring (bicyclic) bond motifs is 1. The SMILES string of the molecule is C=Nc1cc(F)c(Cc2cnc3ccc(Cl)nn23)cc1/C=C\C. The summed E-state index contributed by atoms with van der Waals surface area (Å²) in [5.41, 5.74) is 3.30. The molecular formula is C17H14ClFN4. The summed E-state index contributed by atoms with van der Waals surface area (Å²) in [5.74, 6) is -0.336. The van der Waals surface area contributed by atoms with Crippen molar-refractivity contribution in [3.8, 4) is 0 Å². The Hall–Kier alpha value is -2.53. The highest BCUT2D eigenvalue weighted by Crippen LogP contribution is 2.26. The highest BCUT2D eigenvalue weighted by molar-refractivity contribution is 6.29. The Bertz CT molecular complexity index is 914. The summed E-state index contributed by atoms with van der Waals surface area (Å²) >= 11 is 5.93. The maximum absolute atomic E-state index is 14.3. The molecule has 0 spiro atoms. The molecule has 3 rings (SSSR count). The van der Waals surface area contributed by atoms with Crippen LogP contribution in [0.3, 0.4) is 0 Å². The lowest BCUT2D eigenvalue weighted by molar-refractivity contribution is 0.612. The average molecular weight is 329 g/mol. The monoisotopic (exact) mass is 328 g/mol. The van der Waals surface area contributed by atoms with E-state index in [4.69, 9.17) is 11.6 Å². The summed E-state index contributed by atoms with van der Waals surface area (Å²) in [4.78, 5) is 8.12. The van der Waals surface area contributed by atoms with Gasteiger partial charge in [-0.2, -0.15) is 5.10 Å². The zero-order valence-corrected chi connectivity index (χ0v) is 13.3. The lowest BCUT2D eigenvalue weighted by Crippen LogP contribution is -2.01. The topological polar surface area (TPSA) is 42.5 Å². The Morgan fingerprint density at radius 2 is 2.22 bits per heavy atom. The molecule has 0 aliphatic heterocycles. The van der Waals surface area contributed by atoms with Gasteiger partial charge in [-0.1, -0.05) is 23.8 Å². The maximum Gasteiger partial charge on any atom is 0.153 e. The first kappa shape index (κ1) is 15.4. The summed E-state index contributed by atoms with van der Waals surface area (Å²) < 4.78 is 16.0. The molecule has 0 radical (unpaired) electrons. The Kier molecular flexibility index (Phi) is 4.21. The minimum absolute atomic E-state index is 0.336. The van der Waals surface area contributed by atoms with E-state index in [1.54, 1.807) is 28.9 Å². The first-order valence-corrected chi connectivity index (χ1v) is 7.41. The summed E-state index contributed by atoms with van der Waals surface area (Å²) in [6, 6.07) is 6.60. The van der Waals surface area contributed by atoms with Crippen molar-refractivity contribution in [2.24, 2.45) is 4.99 Å². The van der Waals surface area contributed by atoms with E-state index >= 15 is 0 Å². The molecule has 2 heterocycles. The molecule has 0 unspecified atom stereocenters. The number of hydrogen-bond donors (Lipinski definition) is 0. The highest BCUT2D eigenvalue weighted by Gasteiger charge is 2.12. The molecule has 4 nitrogen and oxygen atoms in total. The van der Waals surface area contributed by atoms with Gasteiger partial charge in [-0.3, -0.25) is 4.99 Å². The second kappa shape index (κ2) is 6.30. The molecule has 3 aromatic rings. The molecule has 1 aromatic carbocycles. The molecule has 0 aliphatic rings. The number of aliphatic imine (C=N–C) groups is 1. The van der Waals surface area contributed by atoms with Crippen molar-refractivity contribution < 1.29 is 4.39 Å². The third-order valence-corrected chi connectivity index (χ3v) is 3.69. The predicted octanol–water partition coefficient (Wildman–Crippen LogP) is 4.48. The van der Waals surface area contributed by atoms with E-state index in [1.165, 1.54) is 6.07 Å². The van der Waals surface area contributed by atoms with Crippen LogP contribution in [0.15, 0.2) is 41.5 Å². The van der Waals surface area contributed by atoms with Crippen LogP contribution in [0.25, 0.3) is 11.7 Å². The van der Waals surface area contributed by atoms with Crippen molar-refractivity contribution in [1.82, 2.24) is 14.6 Å². The van der Waals surface area contributed by atoms with Crippen LogP contribution in [-0.4, -0.2) is 21.3 Å². The van der Waals surface area contributed by atoms with Gasteiger partial charge in [0.1, 0.15) is 11.0 Å². The zero-order valence-electron chi connectivity index (χ0n) is 12.5. The quantitative estimate of drug-likeness (QED) is 0.663. The third-order valence-electron chi connectivity index (χ3n) is 3.48. The number of allylic oxidation sites excluding steroid dienone is 1. The summed E-state index contributed by atoms with van der Waals surface area (Å²) in [6.07, 6.45) is 5.77. The van der Waals surface area contributed by atoms with Gasteiger partial charge in [0.2, 0.25) is 0 Å².